The molecule has 0 heterocycles. The highest BCUT2D eigenvalue weighted by Crippen LogP contribution is 2.35. The Morgan fingerprint density at radius 2 is 1.62 bits per heavy atom. The van der Waals surface area contributed by atoms with Crippen molar-refractivity contribution in [1.82, 2.24) is 10.6 Å². The highest BCUT2D eigenvalue weighted by Gasteiger charge is 2.63. The van der Waals surface area contributed by atoms with E-state index in [0.29, 0.717) is 0 Å². The molecule has 1 amide bonds. The average Bonchev–Trinajstić information content (AvgIpc) is 2.09. The van der Waals surface area contributed by atoms with Crippen molar-refractivity contribution in [2.45, 2.75) is 32.0 Å². The van der Waals surface area contributed by atoms with Crippen molar-refractivity contribution in [3.8, 4) is 0 Å². The Labute approximate surface area is 89.4 Å². The van der Waals surface area contributed by atoms with Crippen LogP contribution in [0.5, 0.6) is 0 Å². The second kappa shape index (κ2) is 5.42. The molecule has 0 saturated carbocycles. The van der Waals surface area contributed by atoms with Crippen LogP contribution in [-0.2, 0) is 4.79 Å². The lowest BCUT2D eigenvalue weighted by Crippen LogP contribution is -2.51. The maximum Gasteiger partial charge on any atom is 0.463 e. The first kappa shape index (κ1) is 15.1. The zero-order valence-electron chi connectivity index (χ0n) is 8.79. The van der Waals surface area contributed by atoms with Crippen molar-refractivity contribution in [2.24, 2.45) is 0 Å². The Hall–Kier alpha value is -0.920. The van der Waals surface area contributed by atoms with Gasteiger partial charge in [0.2, 0.25) is 0 Å². The molecule has 0 saturated heterocycles. The predicted octanol–water partition coefficient (Wildman–Crippen LogP) is 1.30. The van der Waals surface area contributed by atoms with E-state index in [4.69, 9.17) is 0 Å². The molecular weight excluding hydrogens is 235 g/mol. The maximum atomic E-state index is 12.4. The smallest absolute Gasteiger partial charge is 0.349 e. The van der Waals surface area contributed by atoms with Crippen LogP contribution < -0.4 is 10.6 Å². The molecular formula is C8H13F5N2O. The lowest BCUT2D eigenvalue weighted by atomic mass is 10.3. The monoisotopic (exact) mass is 248 g/mol. The summed E-state index contributed by atoms with van der Waals surface area (Å²) in [4.78, 5) is 10.5. The summed E-state index contributed by atoms with van der Waals surface area (Å²) in [5.74, 6) is -7.67. The fourth-order valence-corrected chi connectivity index (χ4v) is 0.777. The lowest BCUT2D eigenvalue weighted by molar-refractivity contribution is -0.269. The molecule has 0 aliphatic heterocycles. The van der Waals surface area contributed by atoms with Crippen molar-refractivity contribution in [1.29, 1.82) is 0 Å². The zero-order valence-corrected chi connectivity index (χ0v) is 8.79. The van der Waals surface area contributed by atoms with E-state index >= 15 is 0 Å². The van der Waals surface area contributed by atoms with Gasteiger partial charge in [-0.1, -0.05) is 13.8 Å². The van der Waals surface area contributed by atoms with Crippen LogP contribution in [0.1, 0.15) is 13.8 Å². The summed E-state index contributed by atoms with van der Waals surface area (Å²) in [6.07, 6.45) is -5.86. The second-order valence-electron chi connectivity index (χ2n) is 3.44. The molecule has 8 heteroatoms. The number of carbonyl (C=O) groups is 1. The Morgan fingerprint density at radius 3 is 2.00 bits per heavy atom. The molecule has 0 aromatic carbocycles. The minimum Gasteiger partial charge on any atom is -0.349 e. The first-order chi connectivity index (χ1) is 7.09. The van der Waals surface area contributed by atoms with Gasteiger partial charge in [-0.25, -0.2) is 0 Å². The fourth-order valence-electron chi connectivity index (χ4n) is 0.777. The topological polar surface area (TPSA) is 41.1 Å². The second-order valence-corrected chi connectivity index (χ2v) is 3.44. The third-order valence-electron chi connectivity index (χ3n) is 1.60. The third kappa shape index (κ3) is 4.30. The van der Waals surface area contributed by atoms with Gasteiger partial charge in [0.1, 0.15) is 0 Å². The predicted molar refractivity (Wildman–Crippen MR) is 47.2 cm³/mol. The highest BCUT2D eigenvalue weighted by molar-refractivity contribution is 5.84. The molecule has 0 aliphatic rings. The summed E-state index contributed by atoms with van der Waals surface area (Å²) in [5, 5.41) is 4.26. The van der Waals surface area contributed by atoms with Gasteiger partial charge in [-0.2, -0.15) is 22.0 Å². The lowest BCUT2D eigenvalue weighted by Gasteiger charge is -2.18. The van der Waals surface area contributed by atoms with Crippen LogP contribution in [0.25, 0.3) is 0 Å². The van der Waals surface area contributed by atoms with Gasteiger partial charge < -0.3 is 10.6 Å². The van der Waals surface area contributed by atoms with Crippen LogP contribution in [0.2, 0.25) is 0 Å². The molecule has 16 heavy (non-hydrogen) atoms. The van der Waals surface area contributed by atoms with Crippen molar-refractivity contribution >= 4 is 5.91 Å². The van der Waals surface area contributed by atoms with Gasteiger partial charge in [-0.15, -0.1) is 0 Å². The molecule has 0 aromatic heterocycles. The highest BCUT2D eigenvalue weighted by atomic mass is 19.4. The number of hydrogen-bond acceptors (Lipinski definition) is 2. The SMILES string of the molecule is CC(C)NCCNC(=O)C(F)(F)C(F)(F)F. The molecule has 0 atom stereocenters. The van der Waals surface area contributed by atoms with E-state index in [-0.39, 0.29) is 19.1 Å². The van der Waals surface area contributed by atoms with Gasteiger partial charge in [0.05, 0.1) is 0 Å². The number of carbonyl (C=O) groups excluding carboxylic acids is 1. The van der Waals surface area contributed by atoms with Crippen LogP contribution in [0.4, 0.5) is 22.0 Å². The standard InChI is InChI=1S/C8H13F5N2O/c1-5(2)14-3-4-15-6(16)7(9,10)8(11,12)13/h5,14H,3-4H2,1-2H3,(H,15,16). The molecule has 0 rings (SSSR count). The van der Waals surface area contributed by atoms with Gasteiger partial charge in [-0.3, -0.25) is 4.79 Å². The van der Waals surface area contributed by atoms with Crippen molar-refractivity contribution in [3.05, 3.63) is 0 Å². The average molecular weight is 248 g/mol. The summed E-state index contributed by atoms with van der Waals surface area (Å²) < 4.78 is 59.8. The van der Waals surface area contributed by atoms with E-state index in [1.807, 2.05) is 0 Å². The van der Waals surface area contributed by atoms with Gasteiger partial charge >= 0.3 is 12.1 Å². The van der Waals surface area contributed by atoms with E-state index < -0.39 is 18.0 Å². The van der Waals surface area contributed by atoms with Crippen LogP contribution in [-0.4, -0.2) is 37.1 Å². The first-order valence-electron chi connectivity index (χ1n) is 4.55. The van der Waals surface area contributed by atoms with Crippen molar-refractivity contribution < 1.29 is 26.7 Å². The van der Waals surface area contributed by atoms with Gasteiger partial charge in [0.15, 0.2) is 0 Å². The van der Waals surface area contributed by atoms with E-state index in [1.54, 1.807) is 13.8 Å². The molecule has 0 radical (unpaired) electrons. The molecule has 0 aromatic rings. The number of nitrogens with one attached hydrogen (secondary N) is 2. The molecule has 0 fully saturated rings. The normalized spacial score (nSPS) is 13.0. The first-order valence-corrected chi connectivity index (χ1v) is 4.55. The van der Waals surface area contributed by atoms with Crippen LogP contribution in [0.3, 0.4) is 0 Å². The number of hydrogen-bond donors (Lipinski definition) is 2. The Bertz CT molecular complexity index is 239. The van der Waals surface area contributed by atoms with E-state index in [0.717, 1.165) is 0 Å². The minimum absolute atomic E-state index is 0.0556. The van der Waals surface area contributed by atoms with Gasteiger partial charge in [-0.05, 0) is 0 Å². The molecule has 96 valence electrons. The number of alkyl halides is 5. The van der Waals surface area contributed by atoms with E-state index in [1.165, 1.54) is 5.32 Å². The zero-order chi connectivity index (χ0) is 13.0. The largest absolute Gasteiger partial charge is 0.463 e. The molecule has 0 unspecified atom stereocenters. The Balaban J connectivity index is 4.07. The van der Waals surface area contributed by atoms with E-state index in [9.17, 15) is 26.7 Å². The van der Waals surface area contributed by atoms with Gasteiger partial charge in [0, 0.05) is 19.1 Å². The van der Waals surface area contributed by atoms with Crippen molar-refractivity contribution in [3.63, 3.8) is 0 Å². The number of amides is 1. The molecule has 0 bridgehead atoms. The molecule has 0 spiro atoms. The summed E-state index contributed by atoms with van der Waals surface area (Å²) in [5.41, 5.74) is 0. The number of rotatable bonds is 5. The van der Waals surface area contributed by atoms with Crippen molar-refractivity contribution in [2.75, 3.05) is 13.1 Å². The van der Waals surface area contributed by atoms with Gasteiger partial charge in [0.25, 0.3) is 5.91 Å². The molecule has 0 aliphatic carbocycles. The van der Waals surface area contributed by atoms with Crippen LogP contribution in [0, 0.1) is 0 Å². The van der Waals surface area contributed by atoms with E-state index in [2.05, 4.69) is 5.32 Å². The molecule has 2 N–H and O–H groups in total. The van der Waals surface area contributed by atoms with Crippen LogP contribution in [0.15, 0.2) is 0 Å². The summed E-state index contributed by atoms with van der Waals surface area (Å²) >= 11 is 0. The summed E-state index contributed by atoms with van der Waals surface area (Å²) in [6.45, 7) is 3.37. The maximum absolute atomic E-state index is 12.4. The quantitative estimate of drug-likeness (QED) is 0.568. The minimum atomic E-state index is -5.86. The summed E-state index contributed by atoms with van der Waals surface area (Å²) in [7, 11) is 0. The third-order valence-corrected chi connectivity index (χ3v) is 1.60. The Kier molecular flexibility index (Phi) is 5.11. The van der Waals surface area contributed by atoms with Crippen LogP contribution >= 0.6 is 0 Å². The molecule has 3 nitrogen and oxygen atoms in total. The summed E-state index contributed by atoms with van der Waals surface area (Å²) in [6, 6.07) is 0.0556. The Morgan fingerprint density at radius 1 is 1.12 bits per heavy atom. The fraction of sp³-hybridized carbons (Fsp3) is 0.875. The number of halogens is 5.